The molecular weight excluding hydrogens is 308 g/mol. The van der Waals surface area contributed by atoms with Gasteiger partial charge in [-0.1, -0.05) is 38.1 Å². The number of hydrogen-bond acceptors (Lipinski definition) is 3. The lowest BCUT2D eigenvalue weighted by Gasteiger charge is -2.05. The van der Waals surface area contributed by atoms with Gasteiger partial charge in [-0.15, -0.1) is 11.3 Å². The first kappa shape index (κ1) is 13.7. The Labute approximate surface area is 121 Å². The van der Waals surface area contributed by atoms with Crippen LogP contribution in [0.15, 0.2) is 28.9 Å². The Kier molecular flexibility index (Phi) is 4.54. The summed E-state index contributed by atoms with van der Waals surface area (Å²) in [6.07, 6.45) is 0. The van der Waals surface area contributed by atoms with E-state index in [0.717, 1.165) is 16.2 Å². The second-order valence-corrected chi connectivity index (χ2v) is 6.37. The predicted molar refractivity (Wildman–Crippen MR) is 82.1 cm³/mol. The minimum atomic E-state index is 0.571. The van der Waals surface area contributed by atoms with Crippen molar-refractivity contribution in [3.05, 3.63) is 39.3 Å². The molecule has 18 heavy (non-hydrogen) atoms. The molecule has 2 rings (SSSR count). The SMILES string of the molecule is CNCc1sc(-c2ccc(C(C)C)cc2)nc1Br. The van der Waals surface area contributed by atoms with Crippen molar-refractivity contribution in [1.29, 1.82) is 0 Å². The third kappa shape index (κ3) is 2.99. The summed E-state index contributed by atoms with van der Waals surface area (Å²) in [5.74, 6) is 0.571. The van der Waals surface area contributed by atoms with Crippen LogP contribution in [-0.4, -0.2) is 12.0 Å². The van der Waals surface area contributed by atoms with E-state index in [0.29, 0.717) is 5.92 Å². The van der Waals surface area contributed by atoms with Gasteiger partial charge in [0.05, 0.1) is 4.88 Å². The molecule has 0 unspecified atom stereocenters. The number of aromatic nitrogens is 1. The van der Waals surface area contributed by atoms with Crippen LogP contribution in [0.25, 0.3) is 10.6 Å². The minimum Gasteiger partial charge on any atom is -0.315 e. The van der Waals surface area contributed by atoms with Crippen molar-refractivity contribution in [2.45, 2.75) is 26.3 Å². The van der Waals surface area contributed by atoms with Crippen molar-refractivity contribution in [2.24, 2.45) is 0 Å². The van der Waals surface area contributed by atoms with Gasteiger partial charge < -0.3 is 5.32 Å². The highest BCUT2D eigenvalue weighted by molar-refractivity contribution is 9.10. The number of nitrogens with one attached hydrogen (secondary N) is 1. The molecule has 0 aliphatic rings. The van der Waals surface area contributed by atoms with Gasteiger partial charge in [0.2, 0.25) is 0 Å². The maximum Gasteiger partial charge on any atom is 0.124 e. The summed E-state index contributed by atoms with van der Waals surface area (Å²) in [6.45, 7) is 5.27. The average Bonchev–Trinajstić information content (AvgIpc) is 2.72. The zero-order valence-corrected chi connectivity index (χ0v) is 13.2. The summed E-state index contributed by atoms with van der Waals surface area (Å²) in [4.78, 5) is 5.81. The predicted octanol–water partition coefficient (Wildman–Crippen LogP) is 4.42. The third-order valence-electron chi connectivity index (χ3n) is 2.81. The highest BCUT2D eigenvalue weighted by Crippen LogP contribution is 2.31. The van der Waals surface area contributed by atoms with Crippen LogP contribution in [0.5, 0.6) is 0 Å². The molecule has 1 aromatic carbocycles. The maximum atomic E-state index is 4.57. The molecular formula is C14H17BrN2S. The average molecular weight is 325 g/mol. The van der Waals surface area contributed by atoms with Crippen LogP contribution in [0, 0.1) is 0 Å². The number of thiazole rings is 1. The van der Waals surface area contributed by atoms with Gasteiger partial charge in [-0.05, 0) is 34.5 Å². The zero-order valence-electron chi connectivity index (χ0n) is 10.8. The Hall–Kier alpha value is -0.710. The van der Waals surface area contributed by atoms with Gasteiger partial charge in [0, 0.05) is 12.1 Å². The summed E-state index contributed by atoms with van der Waals surface area (Å²) in [5, 5.41) is 4.23. The topological polar surface area (TPSA) is 24.9 Å². The summed E-state index contributed by atoms with van der Waals surface area (Å²) < 4.78 is 0.949. The molecule has 0 fully saturated rings. The molecule has 1 aromatic heterocycles. The molecule has 1 N–H and O–H groups in total. The van der Waals surface area contributed by atoms with Gasteiger partial charge in [-0.3, -0.25) is 0 Å². The molecule has 0 bridgehead atoms. The molecule has 4 heteroatoms. The molecule has 0 amide bonds. The van der Waals surface area contributed by atoms with E-state index in [-0.39, 0.29) is 0 Å². The second-order valence-electron chi connectivity index (χ2n) is 4.54. The lowest BCUT2D eigenvalue weighted by atomic mass is 10.0. The van der Waals surface area contributed by atoms with Crippen LogP contribution in [-0.2, 0) is 6.54 Å². The molecule has 0 saturated heterocycles. The van der Waals surface area contributed by atoms with Crippen molar-refractivity contribution >= 4 is 27.3 Å². The molecule has 2 nitrogen and oxygen atoms in total. The van der Waals surface area contributed by atoms with Crippen molar-refractivity contribution in [1.82, 2.24) is 10.3 Å². The highest BCUT2D eigenvalue weighted by Gasteiger charge is 2.10. The van der Waals surface area contributed by atoms with E-state index in [9.17, 15) is 0 Å². The van der Waals surface area contributed by atoms with Crippen LogP contribution >= 0.6 is 27.3 Å². The first-order chi connectivity index (χ1) is 8.61. The van der Waals surface area contributed by atoms with Crippen molar-refractivity contribution in [2.75, 3.05) is 7.05 Å². The quantitative estimate of drug-likeness (QED) is 0.900. The van der Waals surface area contributed by atoms with Crippen molar-refractivity contribution in [3.8, 4) is 10.6 Å². The maximum absolute atomic E-state index is 4.57. The highest BCUT2D eigenvalue weighted by atomic mass is 79.9. The summed E-state index contributed by atoms with van der Waals surface area (Å²) in [6, 6.07) is 8.69. The molecule has 1 heterocycles. The second kappa shape index (κ2) is 5.95. The van der Waals surface area contributed by atoms with E-state index in [1.165, 1.54) is 16.0 Å². The summed E-state index contributed by atoms with van der Waals surface area (Å²) in [5.41, 5.74) is 2.55. The standard InChI is InChI=1S/C14H17BrN2S/c1-9(2)10-4-6-11(7-5-10)14-17-13(15)12(18-14)8-16-3/h4-7,9,16H,8H2,1-3H3. The van der Waals surface area contributed by atoms with Gasteiger partial charge in [-0.2, -0.15) is 0 Å². The van der Waals surface area contributed by atoms with Crippen molar-refractivity contribution in [3.63, 3.8) is 0 Å². The van der Waals surface area contributed by atoms with E-state index in [2.05, 4.69) is 64.3 Å². The fourth-order valence-corrected chi connectivity index (χ4v) is 3.39. The Morgan fingerprint density at radius 1 is 1.28 bits per heavy atom. The Morgan fingerprint density at radius 3 is 2.50 bits per heavy atom. The van der Waals surface area contributed by atoms with E-state index >= 15 is 0 Å². The van der Waals surface area contributed by atoms with Gasteiger partial charge >= 0.3 is 0 Å². The Balaban J connectivity index is 2.28. The van der Waals surface area contributed by atoms with E-state index < -0.39 is 0 Å². The van der Waals surface area contributed by atoms with Crippen LogP contribution in [0.2, 0.25) is 0 Å². The van der Waals surface area contributed by atoms with Crippen LogP contribution < -0.4 is 5.32 Å². The van der Waals surface area contributed by atoms with Gasteiger partial charge in [-0.25, -0.2) is 4.98 Å². The molecule has 0 aliphatic heterocycles. The molecule has 96 valence electrons. The fraction of sp³-hybridized carbons (Fsp3) is 0.357. The largest absolute Gasteiger partial charge is 0.315 e. The first-order valence-corrected chi connectivity index (χ1v) is 7.63. The normalized spacial score (nSPS) is 11.2. The molecule has 0 atom stereocenters. The summed E-state index contributed by atoms with van der Waals surface area (Å²) in [7, 11) is 1.95. The summed E-state index contributed by atoms with van der Waals surface area (Å²) >= 11 is 5.24. The third-order valence-corrected chi connectivity index (χ3v) is 4.83. The smallest absolute Gasteiger partial charge is 0.124 e. The zero-order chi connectivity index (χ0) is 13.1. The Bertz CT molecular complexity index is 517. The number of benzene rings is 1. The molecule has 0 radical (unpaired) electrons. The lowest BCUT2D eigenvalue weighted by Crippen LogP contribution is -2.03. The molecule has 0 saturated carbocycles. The van der Waals surface area contributed by atoms with E-state index in [4.69, 9.17) is 0 Å². The molecule has 0 spiro atoms. The van der Waals surface area contributed by atoms with Gasteiger partial charge in [0.25, 0.3) is 0 Å². The number of nitrogens with zero attached hydrogens (tertiary/aromatic N) is 1. The Morgan fingerprint density at radius 2 is 1.94 bits per heavy atom. The molecule has 2 aromatic rings. The van der Waals surface area contributed by atoms with Crippen LogP contribution in [0.1, 0.15) is 30.2 Å². The minimum absolute atomic E-state index is 0.571. The van der Waals surface area contributed by atoms with Crippen LogP contribution in [0.4, 0.5) is 0 Å². The van der Waals surface area contributed by atoms with E-state index in [1.54, 1.807) is 11.3 Å². The lowest BCUT2D eigenvalue weighted by molar-refractivity contribution is 0.825. The number of rotatable bonds is 4. The monoisotopic (exact) mass is 324 g/mol. The van der Waals surface area contributed by atoms with Gasteiger partial charge in [0.1, 0.15) is 9.61 Å². The van der Waals surface area contributed by atoms with Crippen LogP contribution in [0.3, 0.4) is 0 Å². The van der Waals surface area contributed by atoms with Gasteiger partial charge in [0.15, 0.2) is 0 Å². The van der Waals surface area contributed by atoms with Crippen molar-refractivity contribution < 1.29 is 0 Å². The molecule has 0 aliphatic carbocycles. The number of halogens is 1. The van der Waals surface area contributed by atoms with E-state index in [1.807, 2.05) is 7.05 Å². The first-order valence-electron chi connectivity index (χ1n) is 6.02. The number of hydrogen-bond donors (Lipinski definition) is 1. The fourth-order valence-electron chi connectivity index (χ4n) is 1.74.